The standard InChI is InChI=1S/C14H10Br2ClFS/c15-6-8-3-9(17)5-14-2-1-10(18)4-11(14)12(7-16)19-13(8)14/h1-4H,5-7H2. The molecule has 0 aromatic carbocycles. The Balaban J connectivity index is 2.22. The molecule has 1 heterocycles. The molecule has 0 bridgehead atoms. The molecular weight excluding hydrogens is 414 g/mol. The topological polar surface area (TPSA) is 0 Å². The summed E-state index contributed by atoms with van der Waals surface area (Å²) in [6.45, 7) is 0. The van der Waals surface area contributed by atoms with Gasteiger partial charge in [0.05, 0.1) is 5.41 Å². The molecule has 1 aliphatic heterocycles. The highest BCUT2D eigenvalue weighted by Crippen LogP contribution is 2.63. The Morgan fingerprint density at radius 1 is 1.32 bits per heavy atom. The molecule has 2 aliphatic carbocycles. The lowest BCUT2D eigenvalue weighted by molar-refractivity contribution is 0.562. The molecule has 19 heavy (non-hydrogen) atoms. The second kappa shape index (κ2) is 5.21. The van der Waals surface area contributed by atoms with E-state index >= 15 is 0 Å². The van der Waals surface area contributed by atoms with Gasteiger partial charge in [-0.3, -0.25) is 0 Å². The van der Waals surface area contributed by atoms with Gasteiger partial charge in [0.15, 0.2) is 0 Å². The summed E-state index contributed by atoms with van der Waals surface area (Å²) in [5.41, 5.74) is 1.99. The molecule has 0 N–H and O–H groups in total. The third-order valence-corrected chi connectivity index (χ3v) is 6.78. The minimum Gasteiger partial charge on any atom is -0.207 e. The van der Waals surface area contributed by atoms with Gasteiger partial charge in [-0.15, -0.1) is 0 Å². The zero-order valence-electron chi connectivity index (χ0n) is 9.85. The largest absolute Gasteiger partial charge is 0.207 e. The van der Waals surface area contributed by atoms with E-state index in [4.69, 9.17) is 11.6 Å². The highest BCUT2D eigenvalue weighted by atomic mass is 79.9. The zero-order chi connectivity index (χ0) is 13.6. The summed E-state index contributed by atoms with van der Waals surface area (Å²) < 4.78 is 13.6. The average Bonchev–Trinajstić information content (AvgIpc) is 2.71. The number of allylic oxidation sites excluding steroid dienone is 10. The van der Waals surface area contributed by atoms with Crippen LogP contribution in [0.2, 0.25) is 0 Å². The number of hydrogen-bond acceptors (Lipinski definition) is 1. The molecule has 0 radical (unpaired) electrons. The highest BCUT2D eigenvalue weighted by Gasteiger charge is 2.47. The highest BCUT2D eigenvalue weighted by molar-refractivity contribution is 9.09. The summed E-state index contributed by atoms with van der Waals surface area (Å²) in [6, 6.07) is 0. The van der Waals surface area contributed by atoms with Crippen LogP contribution in [0, 0.1) is 5.41 Å². The Morgan fingerprint density at radius 2 is 2.11 bits per heavy atom. The number of rotatable bonds is 2. The van der Waals surface area contributed by atoms with Gasteiger partial charge in [-0.1, -0.05) is 61.3 Å². The van der Waals surface area contributed by atoms with Crippen LogP contribution in [0.25, 0.3) is 0 Å². The second-order valence-electron chi connectivity index (χ2n) is 4.66. The van der Waals surface area contributed by atoms with Gasteiger partial charge in [-0.2, -0.15) is 0 Å². The Kier molecular flexibility index (Phi) is 3.89. The van der Waals surface area contributed by atoms with Crippen molar-refractivity contribution in [2.24, 2.45) is 5.41 Å². The number of thioether (sulfide) groups is 1. The Hall–Kier alpha value is 0.230. The smallest absolute Gasteiger partial charge is 0.123 e. The fourth-order valence-electron chi connectivity index (χ4n) is 2.78. The van der Waals surface area contributed by atoms with Crippen molar-refractivity contribution in [2.45, 2.75) is 6.42 Å². The van der Waals surface area contributed by atoms with Gasteiger partial charge in [0, 0.05) is 31.9 Å². The van der Waals surface area contributed by atoms with Crippen molar-refractivity contribution in [3.05, 3.63) is 56.1 Å². The van der Waals surface area contributed by atoms with Gasteiger partial charge in [-0.25, -0.2) is 4.39 Å². The minimum atomic E-state index is -0.252. The van der Waals surface area contributed by atoms with E-state index in [1.54, 1.807) is 23.9 Å². The maximum Gasteiger partial charge on any atom is 0.123 e. The van der Waals surface area contributed by atoms with Crippen LogP contribution in [0.1, 0.15) is 6.42 Å². The molecule has 3 aliphatic rings. The zero-order valence-corrected chi connectivity index (χ0v) is 14.6. The van der Waals surface area contributed by atoms with E-state index < -0.39 is 0 Å². The lowest BCUT2D eigenvalue weighted by Crippen LogP contribution is -2.24. The molecule has 1 spiro atoms. The van der Waals surface area contributed by atoms with Crippen LogP contribution in [0.4, 0.5) is 4.39 Å². The molecule has 0 fully saturated rings. The van der Waals surface area contributed by atoms with Gasteiger partial charge in [0.25, 0.3) is 0 Å². The molecule has 100 valence electrons. The van der Waals surface area contributed by atoms with E-state index in [0.29, 0.717) is 0 Å². The van der Waals surface area contributed by atoms with Crippen LogP contribution in [-0.4, -0.2) is 10.7 Å². The molecule has 0 saturated carbocycles. The van der Waals surface area contributed by atoms with Crippen LogP contribution < -0.4 is 0 Å². The van der Waals surface area contributed by atoms with E-state index in [2.05, 4.69) is 31.9 Å². The van der Waals surface area contributed by atoms with Gasteiger partial charge in [-0.05, 0) is 29.4 Å². The van der Waals surface area contributed by atoms with Crippen molar-refractivity contribution in [3.8, 4) is 0 Å². The lowest BCUT2D eigenvalue weighted by atomic mass is 9.71. The Morgan fingerprint density at radius 3 is 2.79 bits per heavy atom. The summed E-state index contributed by atoms with van der Waals surface area (Å²) in [6.07, 6.45) is 7.93. The third-order valence-electron chi connectivity index (χ3n) is 3.56. The van der Waals surface area contributed by atoms with Crippen LogP contribution in [-0.2, 0) is 0 Å². The number of hydrogen-bond donors (Lipinski definition) is 0. The number of halogens is 4. The van der Waals surface area contributed by atoms with Crippen molar-refractivity contribution in [1.29, 1.82) is 0 Å². The van der Waals surface area contributed by atoms with Crippen molar-refractivity contribution in [3.63, 3.8) is 0 Å². The average molecular weight is 425 g/mol. The molecule has 5 heteroatoms. The minimum absolute atomic E-state index is 0.188. The first-order chi connectivity index (χ1) is 9.10. The van der Waals surface area contributed by atoms with E-state index in [0.717, 1.165) is 27.7 Å². The van der Waals surface area contributed by atoms with Crippen LogP contribution in [0.3, 0.4) is 0 Å². The van der Waals surface area contributed by atoms with Gasteiger partial charge in [0.1, 0.15) is 5.83 Å². The first-order valence-corrected chi connectivity index (χ1v) is 9.24. The van der Waals surface area contributed by atoms with Crippen molar-refractivity contribution in [1.82, 2.24) is 0 Å². The normalized spacial score (nSPS) is 29.3. The molecule has 0 amide bonds. The summed E-state index contributed by atoms with van der Waals surface area (Å²) in [5.74, 6) is -0.188. The second-order valence-corrected chi connectivity index (χ2v) is 7.37. The van der Waals surface area contributed by atoms with Crippen LogP contribution in [0.5, 0.6) is 0 Å². The fourth-order valence-corrected chi connectivity index (χ4v) is 5.74. The molecule has 0 saturated heterocycles. The van der Waals surface area contributed by atoms with Crippen molar-refractivity contribution < 1.29 is 4.39 Å². The Labute approximate surface area is 137 Å². The van der Waals surface area contributed by atoms with E-state index in [1.807, 2.05) is 12.2 Å². The number of alkyl halides is 2. The SMILES string of the molecule is FC1=CC2=C(CBr)SC3=C(CBr)C=C(Cl)CC23C=C1. The third kappa shape index (κ3) is 2.15. The fraction of sp³-hybridized carbons (Fsp3) is 0.286. The molecule has 0 aromatic rings. The quantitative estimate of drug-likeness (QED) is 0.492. The summed E-state index contributed by atoms with van der Waals surface area (Å²) >= 11 is 15.1. The van der Waals surface area contributed by atoms with E-state index in [1.165, 1.54) is 15.4 Å². The van der Waals surface area contributed by atoms with Crippen LogP contribution in [0.15, 0.2) is 56.1 Å². The monoisotopic (exact) mass is 422 g/mol. The first kappa shape index (κ1) is 14.2. The van der Waals surface area contributed by atoms with Crippen molar-refractivity contribution >= 4 is 55.2 Å². The molecule has 1 unspecified atom stereocenters. The maximum atomic E-state index is 13.6. The predicted molar refractivity (Wildman–Crippen MR) is 88.5 cm³/mol. The Bertz CT molecular complexity index is 601. The molecule has 3 rings (SSSR count). The summed E-state index contributed by atoms with van der Waals surface area (Å²) in [7, 11) is 0. The van der Waals surface area contributed by atoms with E-state index in [-0.39, 0.29) is 11.2 Å². The molecule has 0 nitrogen and oxygen atoms in total. The van der Waals surface area contributed by atoms with Gasteiger partial charge < -0.3 is 0 Å². The predicted octanol–water partition coefficient (Wildman–Crippen LogP) is 5.97. The lowest BCUT2D eigenvalue weighted by Gasteiger charge is -2.35. The first-order valence-electron chi connectivity index (χ1n) is 5.80. The van der Waals surface area contributed by atoms with Gasteiger partial charge >= 0.3 is 0 Å². The van der Waals surface area contributed by atoms with Crippen LogP contribution >= 0.6 is 55.2 Å². The molecular formula is C14H10Br2ClFS. The van der Waals surface area contributed by atoms with E-state index in [9.17, 15) is 4.39 Å². The molecule has 1 atom stereocenters. The summed E-state index contributed by atoms with van der Waals surface area (Å²) in [5, 5.41) is 2.33. The maximum absolute atomic E-state index is 13.6. The summed E-state index contributed by atoms with van der Waals surface area (Å²) in [4.78, 5) is 2.45. The molecule has 0 aromatic heterocycles. The van der Waals surface area contributed by atoms with Crippen molar-refractivity contribution in [2.75, 3.05) is 10.7 Å². The van der Waals surface area contributed by atoms with Gasteiger partial charge in [0.2, 0.25) is 0 Å².